The van der Waals surface area contributed by atoms with Gasteiger partial charge in [-0.1, -0.05) is 13.8 Å². The van der Waals surface area contributed by atoms with E-state index in [-0.39, 0.29) is 0 Å². The number of anilines is 1. The number of thioether (sulfide) groups is 1. The summed E-state index contributed by atoms with van der Waals surface area (Å²) in [6, 6.07) is 3.67. The third kappa shape index (κ3) is 3.09. The van der Waals surface area contributed by atoms with E-state index in [9.17, 15) is 0 Å². The molecule has 0 saturated carbocycles. The number of nitrogen functional groups attached to an aromatic ring is 1. The minimum Gasteiger partial charge on any atom is -0.382 e. The van der Waals surface area contributed by atoms with Gasteiger partial charge >= 0.3 is 0 Å². The number of hydrogen-bond donors (Lipinski definition) is 1. The van der Waals surface area contributed by atoms with Crippen LogP contribution in [0.5, 0.6) is 0 Å². The molecule has 12 heavy (non-hydrogen) atoms. The second-order valence-corrected chi connectivity index (χ2v) is 4.04. The quantitative estimate of drug-likeness (QED) is 0.726. The van der Waals surface area contributed by atoms with Crippen molar-refractivity contribution in [2.24, 2.45) is 5.92 Å². The van der Waals surface area contributed by atoms with E-state index in [1.807, 2.05) is 6.07 Å². The van der Waals surface area contributed by atoms with Gasteiger partial charge in [0.2, 0.25) is 0 Å². The van der Waals surface area contributed by atoms with Gasteiger partial charge < -0.3 is 5.73 Å². The van der Waals surface area contributed by atoms with Crippen LogP contribution in [0.3, 0.4) is 0 Å². The van der Waals surface area contributed by atoms with Gasteiger partial charge in [0.15, 0.2) is 0 Å². The Morgan fingerprint density at radius 2 is 2.17 bits per heavy atom. The SMILES string of the molecule is CC(C)CSc1ccc(N)nn1. The molecule has 0 aliphatic heterocycles. The molecular formula is C8H13N3S. The van der Waals surface area contributed by atoms with Crippen LogP contribution in [0.1, 0.15) is 13.8 Å². The zero-order valence-electron chi connectivity index (χ0n) is 7.32. The van der Waals surface area contributed by atoms with E-state index in [0.717, 1.165) is 10.8 Å². The van der Waals surface area contributed by atoms with Crippen molar-refractivity contribution in [3.05, 3.63) is 12.1 Å². The third-order valence-corrected chi connectivity index (χ3v) is 2.57. The maximum absolute atomic E-state index is 5.40. The van der Waals surface area contributed by atoms with Crippen molar-refractivity contribution in [2.75, 3.05) is 11.5 Å². The number of hydrogen-bond acceptors (Lipinski definition) is 4. The molecule has 0 spiro atoms. The first-order valence-electron chi connectivity index (χ1n) is 3.90. The van der Waals surface area contributed by atoms with Gasteiger partial charge in [-0.25, -0.2) is 0 Å². The summed E-state index contributed by atoms with van der Waals surface area (Å²) in [6.07, 6.45) is 0. The molecule has 4 heteroatoms. The first-order valence-corrected chi connectivity index (χ1v) is 4.89. The smallest absolute Gasteiger partial charge is 0.146 e. The van der Waals surface area contributed by atoms with Gasteiger partial charge in [-0.3, -0.25) is 0 Å². The Morgan fingerprint density at radius 3 is 2.67 bits per heavy atom. The maximum Gasteiger partial charge on any atom is 0.146 e. The zero-order valence-corrected chi connectivity index (χ0v) is 8.14. The van der Waals surface area contributed by atoms with Gasteiger partial charge in [0.25, 0.3) is 0 Å². The molecule has 3 nitrogen and oxygen atoms in total. The van der Waals surface area contributed by atoms with Gasteiger partial charge in [-0.15, -0.1) is 22.0 Å². The number of rotatable bonds is 3. The van der Waals surface area contributed by atoms with Crippen LogP contribution in [-0.2, 0) is 0 Å². The van der Waals surface area contributed by atoms with Crippen LogP contribution >= 0.6 is 11.8 Å². The van der Waals surface area contributed by atoms with E-state index < -0.39 is 0 Å². The summed E-state index contributed by atoms with van der Waals surface area (Å²) >= 11 is 1.71. The molecule has 2 N–H and O–H groups in total. The summed E-state index contributed by atoms with van der Waals surface area (Å²) < 4.78 is 0. The van der Waals surface area contributed by atoms with Crippen molar-refractivity contribution in [1.29, 1.82) is 0 Å². The Bertz CT molecular complexity index is 233. The van der Waals surface area contributed by atoms with Crippen LogP contribution in [0.4, 0.5) is 5.82 Å². The lowest BCUT2D eigenvalue weighted by Crippen LogP contribution is -1.95. The standard InChI is InChI=1S/C8H13N3S/c1-6(2)5-12-8-4-3-7(9)10-11-8/h3-4,6H,5H2,1-2H3,(H2,9,10). The van der Waals surface area contributed by atoms with Gasteiger partial charge in [0.05, 0.1) is 0 Å². The lowest BCUT2D eigenvalue weighted by molar-refractivity contribution is 0.748. The molecule has 0 aliphatic rings. The van der Waals surface area contributed by atoms with Crippen molar-refractivity contribution in [2.45, 2.75) is 18.9 Å². The molecule has 0 aliphatic carbocycles. The molecule has 1 aromatic rings. The minimum atomic E-state index is 0.476. The van der Waals surface area contributed by atoms with Gasteiger partial charge in [0.1, 0.15) is 10.8 Å². The summed E-state index contributed by atoms with van der Waals surface area (Å²) in [5.41, 5.74) is 5.40. The molecule has 66 valence electrons. The summed E-state index contributed by atoms with van der Waals surface area (Å²) in [7, 11) is 0. The Balaban J connectivity index is 2.48. The van der Waals surface area contributed by atoms with E-state index in [2.05, 4.69) is 24.0 Å². The predicted molar refractivity (Wildman–Crippen MR) is 52.0 cm³/mol. The van der Waals surface area contributed by atoms with E-state index in [1.54, 1.807) is 17.8 Å². The Labute approximate surface area is 76.8 Å². The van der Waals surface area contributed by atoms with Gasteiger partial charge in [-0.05, 0) is 18.1 Å². The average molecular weight is 183 g/mol. The molecule has 1 rings (SSSR count). The van der Waals surface area contributed by atoms with Crippen LogP contribution in [0, 0.1) is 5.92 Å². The molecule has 0 atom stereocenters. The second kappa shape index (κ2) is 4.30. The normalized spacial score (nSPS) is 10.6. The second-order valence-electron chi connectivity index (χ2n) is 3.00. The van der Waals surface area contributed by atoms with Crippen LogP contribution in [-0.4, -0.2) is 16.0 Å². The van der Waals surface area contributed by atoms with Crippen LogP contribution in [0.15, 0.2) is 17.2 Å². The summed E-state index contributed by atoms with van der Waals surface area (Å²) in [5.74, 6) is 2.22. The lowest BCUT2D eigenvalue weighted by Gasteiger charge is -2.02. The fraction of sp³-hybridized carbons (Fsp3) is 0.500. The highest BCUT2D eigenvalue weighted by molar-refractivity contribution is 7.99. The first-order chi connectivity index (χ1) is 5.68. The van der Waals surface area contributed by atoms with E-state index in [4.69, 9.17) is 5.73 Å². The fourth-order valence-electron chi connectivity index (χ4n) is 0.659. The van der Waals surface area contributed by atoms with Crippen LogP contribution < -0.4 is 5.73 Å². The van der Waals surface area contributed by atoms with E-state index >= 15 is 0 Å². The average Bonchev–Trinajstić information content (AvgIpc) is 2.03. The topological polar surface area (TPSA) is 51.8 Å². The number of nitrogens with zero attached hydrogens (tertiary/aromatic N) is 2. The highest BCUT2D eigenvalue weighted by Crippen LogP contribution is 2.17. The van der Waals surface area contributed by atoms with Crippen LogP contribution in [0.25, 0.3) is 0 Å². The predicted octanol–water partition coefficient (Wildman–Crippen LogP) is 1.81. The third-order valence-electron chi connectivity index (χ3n) is 1.23. The minimum absolute atomic E-state index is 0.476. The molecule has 0 unspecified atom stereocenters. The van der Waals surface area contributed by atoms with Gasteiger partial charge in [0, 0.05) is 5.75 Å². The first kappa shape index (κ1) is 9.32. The maximum atomic E-state index is 5.40. The molecular weight excluding hydrogens is 170 g/mol. The van der Waals surface area contributed by atoms with E-state index in [0.29, 0.717) is 11.7 Å². The van der Waals surface area contributed by atoms with Crippen molar-refractivity contribution in [1.82, 2.24) is 10.2 Å². The number of aromatic nitrogens is 2. The van der Waals surface area contributed by atoms with Crippen LogP contribution in [0.2, 0.25) is 0 Å². The molecule has 0 aromatic carbocycles. The molecule has 0 radical (unpaired) electrons. The summed E-state index contributed by atoms with van der Waals surface area (Å²) in [4.78, 5) is 0. The lowest BCUT2D eigenvalue weighted by atomic mass is 10.3. The van der Waals surface area contributed by atoms with E-state index in [1.165, 1.54) is 0 Å². The Kier molecular flexibility index (Phi) is 3.34. The molecule has 1 heterocycles. The molecule has 0 fully saturated rings. The fourth-order valence-corrected chi connectivity index (χ4v) is 1.43. The molecule has 0 bridgehead atoms. The largest absolute Gasteiger partial charge is 0.382 e. The highest BCUT2D eigenvalue weighted by Gasteiger charge is 1.98. The zero-order chi connectivity index (χ0) is 8.97. The molecule has 1 aromatic heterocycles. The highest BCUT2D eigenvalue weighted by atomic mass is 32.2. The van der Waals surface area contributed by atoms with Crippen molar-refractivity contribution in [3.63, 3.8) is 0 Å². The molecule has 0 saturated heterocycles. The number of nitrogens with two attached hydrogens (primary N) is 1. The Morgan fingerprint density at radius 1 is 1.42 bits per heavy atom. The summed E-state index contributed by atoms with van der Waals surface area (Å²) in [5, 5.41) is 8.64. The monoisotopic (exact) mass is 183 g/mol. The van der Waals surface area contributed by atoms with Crippen molar-refractivity contribution >= 4 is 17.6 Å². The molecule has 0 amide bonds. The van der Waals surface area contributed by atoms with Crippen molar-refractivity contribution in [3.8, 4) is 0 Å². The van der Waals surface area contributed by atoms with Crippen molar-refractivity contribution < 1.29 is 0 Å². The summed E-state index contributed by atoms with van der Waals surface area (Å²) in [6.45, 7) is 4.36. The Hall–Kier alpha value is -0.770. The van der Waals surface area contributed by atoms with Gasteiger partial charge in [-0.2, -0.15) is 0 Å².